The van der Waals surface area contributed by atoms with Crippen molar-refractivity contribution < 1.29 is 9.53 Å². The smallest absolute Gasteiger partial charge is 0.413 e. The molecule has 0 saturated carbocycles. The number of H-pyrrole nitrogens is 1. The van der Waals surface area contributed by atoms with Crippen molar-refractivity contribution in [1.82, 2.24) is 20.4 Å². The molecule has 0 bridgehead atoms. The van der Waals surface area contributed by atoms with Crippen molar-refractivity contribution in [3.8, 4) is 0 Å². The molecule has 1 aromatic heterocycles. The average molecular weight is 309 g/mol. The second-order valence-corrected chi connectivity index (χ2v) is 7.00. The van der Waals surface area contributed by atoms with Crippen LogP contribution in [0.25, 0.3) is 0 Å². The summed E-state index contributed by atoms with van der Waals surface area (Å²) in [5, 5.41) is 13.0. The Morgan fingerprint density at radius 1 is 1.55 bits per heavy atom. The van der Waals surface area contributed by atoms with E-state index in [1.165, 1.54) is 0 Å². The summed E-state index contributed by atoms with van der Waals surface area (Å²) in [5.74, 6) is 0.584. The quantitative estimate of drug-likeness (QED) is 0.792. The maximum Gasteiger partial charge on any atom is 0.413 e. The first kappa shape index (κ1) is 16.8. The van der Waals surface area contributed by atoms with Gasteiger partial charge in [0.25, 0.3) is 0 Å². The van der Waals surface area contributed by atoms with Gasteiger partial charge in [0.05, 0.1) is 6.20 Å². The van der Waals surface area contributed by atoms with Gasteiger partial charge in [-0.05, 0) is 41.2 Å². The van der Waals surface area contributed by atoms with Crippen molar-refractivity contribution in [1.29, 1.82) is 0 Å². The number of nitrogens with one attached hydrogen (secondary N) is 3. The molecule has 3 N–H and O–H groups in total. The molecule has 2 atom stereocenters. The number of hydrogen-bond acceptors (Lipinski definition) is 5. The molecule has 0 spiro atoms. The van der Waals surface area contributed by atoms with Gasteiger partial charge in [0.2, 0.25) is 0 Å². The van der Waals surface area contributed by atoms with Gasteiger partial charge in [0.1, 0.15) is 11.4 Å². The molecule has 7 nitrogen and oxygen atoms in total. The molecular formula is C15H27N5O2. The van der Waals surface area contributed by atoms with Gasteiger partial charge in [-0.1, -0.05) is 0 Å². The Morgan fingerprint density at radius 2 is 2.27 bits per heavy atom. The van der Waals surface area contributed by atoms with Crippen LogP contribution in [0.2, 0.25) is 0 Å². The lowest BCUT2D eigenvalue weighted by atomic mass is 10.2. The molecule has 1 fully saturated rings. The van der Waals surface area contributed by atoms with Crippen molar-refractivity contribution in [2.45, 2.75) is 58.3 Å². The van der Waals surface area contributed by atoms with E-state index in [2.05, 4.69) is 39.7 Å². The zero-order valence-corrected chi connectivity index (χ0v) is 14.1. The third kappa shape index (κ3) is 4.71. The van der Waals surface area contributed by atoms with Crippen LogP contribution in [-0.4, -0.2) is 52.5 Å². The average Bonchev–Trinajstić information content (AvgIpc) is 2.92. The molecule has 0 aromatic carbocycles. The van der Waals surface area contributed by atoms with Gasteiger partial charge in [0, 0.05) is 30.7 Å². The molecule has 1 aliphatic heterocycles. The van der Waals surface area contributed by atoms with Gasteiger partial charge in [-0.3, -0.25) is 10.4 Å². The second kappa shape index (κ2) is 6.66. The molecule has 0 aliphatic carbocycles. The predicted octanol–water partition coefficient (Wildman–Crippen LogP) is 1.94. The Kier molecular flexibility index (Phi) is 5.08. The Hall–Kier alpha value is -1.60. The van der Waals surface area contributed by atoms with Gasteiger partial charge in [-0.15, -0.1) is 0 Å². The van der Waals surface area contributed by atoms with Gasteiger partial charge < -0.3 is 15.0 Å². The summed E-state index contributed by atoms with van der Waals surface area (Å²) in [7, 11) is 2.14. The number of likely N-dealkylation sites (N-methyl/N-ethyl adjacent to an activating group) is 1. The van der Waals surface area contributed by atoms with Gasteiger partial charge in [-0.25, -0.2) is 4.79 Å². The van der Waals surface area contributed by atoms with Crippen molar-refractivity contribution in [3.05, 3.63) is 11.8 Å². The summed E-state index contributed by atoms with van der Waals surface area (Å²) in [4.78, 5) is 14.2. The number of rotatable bonds is 4. The van der Waals surface area contributed by atoms with Crippen LogP contribution in [0.3, 0.4) is 0 Å². The highest BCUT2D eigenvalue weighted by atomic mass is 16.6. The number of anilines is 1. The molecule has 22 heavy (non-hydrogen) atoms. The first-order valence-corrected chi connectivity index (χ1v) is 7.70. The third-order valence-corrected chi connectivity index (χ3v) is 3.81. The predicted molar refractivity (Wildman–Crippen MR) is 85.8 cm³/mol. The molecule has 1 amide bonds. The Morgan fingerprint density at radius 3 is 2.86 bits per heavy atom. The Bertz CT molecular complexity index is 498. The fraction of sp³-hybridized carbons (Fsp3) is 0.733. The molecule has 1 saturated heterocycles. The number of nitrogens with zero attached hydrogens (tertiary/aromatic N) is 2. The maximum absolute atomic E-state index is 11.8. The van der Waals surface area contributed by atoms with Crippen LogP contribution in [-0.2, 0) is 11.3 Å². The molecule has 2 unspecified atom stereocenters. The van der Waals surface area contributed by atoms with Crippen LogP contribution in [0.15, 0.2) is 6.20 Å². The zero-order valence-electron chi connectivity index (χ0n) is 14.1. The van der Waals surface area contributed by atoms with Crippen LogP contribution < -0.4 is 10.6 Å². The molecule has 2 heterocycles. The number of aromatic amines is 1. The van der Waals surface area contributed by atoms with E-state index in [-0.39, 0.29) is 0 Å². The van der Waals surface area contributed by atoms with Crippen molar-refractivity contribution in [3.63, 3.8) is 0 Å². The molecule has 2 rings (SSSR count). The summed E-state index contributed by atoms with van der Waals surface area (Å²) in [5.41, 5.74) is 0.403. The minimum absolute atomic E-state index is 0.462. The van der Waals surface area contributed by atoms with Crippen molar-refractivity contribution in [2.75, 3.05) is 18.9 Å². The fourth-order valence-corrected chi connectivity index (χ4v) is 2.56. The van der Waals surface area contributed by atoms with Crippen molar-refractivity contribution >= 4 is 11.9 Å². The van der Waals surface area contributed by atoms with E-state index >= 15 is 0 Å². The summed E-state index contributed by atoms with van der Waals surface area (Å²) >= 11 is 0. The second-order valence-electron chi connectivity index (χ2n) is 7.00. The van der Waals surface area contributed by atoms with E-state index in [0.29, 0.717) is 24.4 Å². The van der Waals surface area contributed by atoms with Crippen molar-refractivity contribution in [2.24, 2.45) is 0 Å². The summed E-state index contributed by atoms with van der Waals surface area (Å²) in [6.45, 7) is 9.43. The van der Waals surface area contributed by atoms with E-state index in [0.717, 1.165) is 18.5 Å². The minimum Gasteiger partial charge on any atom is -0.444 e. The lowest BCUT2D eigenvalue weighted by Gasteiger charge is -2.19. The molecule has 0 radical (unpaired) electrons. The normalized spacial score (nSPS) is 22.8. The number of likely N-dealkylation sites (tertiary alicyclic amines) is 1. The van der Waals surface area contributed by atoms with Crippen LogP contribution in [0.1, 0.15) is 39.7 Å². The highest BCUT2D eigenvalue weighted by molar-refractivity contribution is 5.84. The summed E-state index contributed by atoms with van der Waals surface area (Å²) < 4.78 is 5.25. The van der Waals surface area contributed by atoms with Crippen LogP contribution in [0.4, 0.5) is 10.6 Å². The standard InChI is InChI=1S/C15H27N5O2/c1-10-6-12(9-20(10)5)16-7-11-8-17-19-13(11)18-14(21)22-15(2,3)4/h8,10,12,16H,6-7,9H2,1-5H3,(H2,17,18,19,21). The van der Waals surface area contributed by atoms with Gasteiger partial charge in [-0.2, -0.15) is 5.10 Å². The maximum atomic E-state index is 11.8. The monoisotopic (exact) mass is 309 g/mol. The summed E-state index contributed by atoms with van der Waals surface area (Å²) in [6.07, 6.45) is 2.37. The first-order chi connectivity index (χ1) is 10.2. The zero-order chi connectivity index (χ0) is 16.3. The molecule has 1 aromatic rings. The number of hydrogen-bond donors (Lipinski definition) is 3. The molecule has 124 valence electrons. The Labute approximate surface area is 131 Å². The van der Waals surface area contributed by atoms with Crippen LogP contribution >= 0.6 is 0 Å². The number of aromatic nitrogens is 2. The highest BCUT2D eigenvalue weighted by Crippen LogP contribution is 2.17. The molecule has 7 heteroatoms. The number of carbonyl (C=O) groups excluding carboxylic acids is 1. The van der Waals surface area contributed by atoms with Gasteiger partial charge in [0.15, 0.2) is 0 Å². The Balaban J connectivity index is 1.86. The molecular weight excluding hydrogens is 282 g/mol. The van der Waals surface area contributed by atoms with Gasteiger partial charge >= 0.3 is 6.09 Å². The lowest BCUT2D eigenvalue weighted by molar-refractivity contribution is 0.0635. The van der Waals surface area contributed by atoms with Crippen LogP contribution in [0.5, 0.6) is 0 Å². The van der Waals surface area contributed by atoms with E-state index in [1.54, 1.807) is 6.20 Å². The summed E-state index contributed by atoms with van der Waals surface area (Å²) in [6, 6.07) is 1.06. The molecule has 1 aliphatic rings. The largest absolute Gasteiger partial charge is 0.444 e. The first-order valence-electron chi connectivity index (χ1n) is 7.70. The van der Waals surface area contributed by atoms with Crippen LogP contribution in [0, 0.1) is 0 Å². The SMILES string of the molecule is CC1CC(NCc2cn[nH]c2NC(=O)OC(C)(C)C)CN1C. The number of ether oxygens (including phenoxy) is 1. The topological polar surface area (TPSA) is 82.3 Å². The van der Waals surface area contributed by atoms with E-state index in [1.807, 2.05) is 20.8 Å². The third-order valence-electron chi connectivity index (χ3n) is 3.81. The number of carbonyl (C=O) groups is 1. The van der Waals surface area contributed by atoms with E-state index in [9.17, 15) is 4.79 Å². The van der Waals surface area contributed by atoms with E-state index < -0.39 is 11.7 Å². The lowest BCUT2D eigenvalue weighted by Crippen LogP contribution is -2.31. The fourth-order valence-electron chi connectivity index (χ4n) is 2.56. The van der Waals surface area contributed by atoms with E-state index in [4.69, 9.17) is 4.74 Å². The highest BCUT2D eigenvalue weighted by Gasteiger charge is 2.26. The minimum atomic E-state index is -0.521. The number of amides is 1.